The molecule has 1 saturated heterocycles. The molecular formula is C19H22FN3O4. The molecule has 1 amide bonds. The summed E-state index contributed by atoms with van der Waals surface area (Å²) in [6.45, 7) is 3.68. The van der Waals surface area contributed by atoms with Gasteiger partial charge >= 0.3 is 5.97 Å². The molecule has 1 aromatic heterocycles. The number of nitrogens with zero attached hydrogens (tertiary/aromatic N) is 2. The molecule has 8 heteroatoms. The van der Waals surface area contributed by atoms with Crippen LogP contribution in [0.5, 0.6) is 0 Å². The molecule has 0 aliphatic carbocycles. The monoisotopic (exact) mass is 375 g/mol. The second-order valence-corrected chi connectivity index (χ2v) is 6.36. The molecule has 1 N–H and O–H groups in total. The minimum atomic E-state index is -0.411. The fourth-order valence-corrected chi connectivity index (χ4v) is 3.03. The van der Waals surface area contributed by atoms with Crippen LogP contribution in [0.2, 0.25) is 0 Å². The maximum Gasteiger partial charge on any atom is 0.341 e. The number of nitrogens with one attached hydrogen (secondary N) is 1. The first-order valence-electron chi connectivity index (χ1n) is 8.70. The van der Waals surface area contributed by atoms with Gasteiger partial charge in [-0.25, -0.2) is 9.18 Å². The number of hydrogen-bond donors (Lipinski definition) is 1. The first-order chi connectivity index (χ1) is 13.0. The highest BCUT2D eigenvalue weighted by molar-refractivity contribution is 5.92. The fraction of sp³-hybridized carbons (Fsp3) is 0.368. The molecule has 1 aromatic carbocycles. The van der Waals surface area contributed by atoms with Crippen molar-refractivity contribution in [3.63, 3.8) is 0 Å². The van der Waals surface area contributed by atoms with Crippen molar-refractivity contribution in [2.75, 3.05) is 45.2 Å². The quantitative estimate of drug-likeness (QED) is 0.778. The number of halogens is 1. The van der Waals surface area contributed by atoms with Crippen LogP contribution in [0.4, 0.5) is 10.1 Å². The number of esters is 1. The minimum Gasteiger partial charge on any atom is -0.467 e. The number of methoxy groups -OCH3 is 1. The van der Waals surface area contributed by atoms with E-state index in [4.69, 9.17) is 9.15 Å². The lowest BCUT2D eigenvalue weighted by Crippen LogP contribution is -2.48. The number of ether oxygens (including phenoxy) is 1. The summed E-state index contributed by atoms with van der Waals surface area (Å²) in [7, 11) is 1.34. The van der Waals surface area contributed by atoms with E-state index in [2.05, 4.69) is 10.2 Å². The zero-order chi connectivity index (χ0) is 19.2. The fourth-order valence-electron chi connectivity index (χ4n) is 3.03. The number of rotatable bonds is 6. The lowest BCUT2D eigenvalue weighted by molar-refractivity contribution is -0.117. The van der Waals surface area contributed by atoms with Gasteiger partial charge in [0.1, 0.15) is 17.1 Å². The molecule has 0 bridgehead atoms. The van der Waals surface area contributed by atoms with E-state index in [0.29, 0.717) is 36.6 Å². The van der Waals surface area contributed by atoms with E-state index in [9.17, 15) is 14.0 Å². The molecule has 1 aliphatic rings. The Labute approximate surface area is 156 Å². The van der Waals surface area contributed by atoms with Crippen LogP contribution in [0.3, 0.4) is 0 Å². The Hall–Kier alpha value is -2.71. The van der Waals surface area contributed by atoms with E-state index >= 15 is 0 Å². The van der Waals surface area contributed by atoms with Crippen LogP contribution in [-0.2, 0) is 16.1 Å². The normalized spacial score (nSPS) is 15.5. The molecular weight excluding hydrogens is 353 g/mol. The molecule has 0 unspecified atom stereocenters. The second kappa shape index (κ2) is 8.79. The van der Waals surface area contributed by atoms with Gasteiger partial charge in [-0.2, -0.15) is 0 Å². The molecule has 0 radical (unpaired) electrons. The van der Waals surface area contributed by atoms with Gasteiger partial charge in [0.2, 0.25) is 5.91 Å². The van der Waals surface area contributed by atoms with Gasteiger partial charge in [0.05, 0.1) is 26.5 Å². The SMILES string of the molecule is COC(=O)c1ccoc1CN1CCN(CC(=O)Nc2cccc(F)c2)CC1. The Balaban J connectivity index is 1.46. The summed E-state index contributed by atoms with van der Waals surface area (Å²) in [5, 5.41) is 2.70. The molecule has 0 saturated carbocycles. The van der Waals surface area contributed by atoms with Crippen molar-refractivity contribution < 1.29 is 23.1 Å². The number of carbonyl (C=O) groups is 2. The van der Waals surface area contributed by atoms with Crippen LogP contribution in [0.25, 0.3) is 0 Å². The Bertz CT molecular complexity index is 800. The summed E-state index contributed by atoms with van der Waals surface area (Å²) in [6.07, 6.45) is 1.48. The Morgan fingerprint density at radius 3 is 2.63 bits per heavy atom. The van der Waals surface area contributed by atoms with E-state index in [1.807, 2.05) is 4.90 Å². The average Bonchev–Trinajstić information content (AvgIpc) is 3.11. The molecule has 1 fully saturated rings. The van der Waals surface area contributed by atoms with Crippen LogP contribution >= 0.6 is 0 Å². The second-order valence-electron chi connectivity index (χ2n) is 6.36. The highest BCUT2D eigenvalue weighted by Crippen LogP contribution is 2.16. The van der Waals surface area contributed by atoms with Gasteiger partial charge in [-0.1, -0.05) is 6.07 Å². The number of carbonyl (C=O) groups excluding carboxylic acids is 2. The number of furan rings is 1. The molecule has 0 atom stereocenters. The Kier molecular flexibility index (Phi) is 6.20. The van der Waals surface area contributed by atoms with Crippen molar-refractivity contribution >= 4 is 17.6 Å². The van der Waals surface area contributed by atoms with Gasteiger partial charge in [0.15, 0.2) is 0 Å². The number of anilines is 1. The highest BCUT2D eigenvalue weighted by Gasteiger charge is 2.22. The summed E-state index contributed by atoms with van der Waals surface area (Å²) in [5.74, 6) is -0.385. The number of hydrogen-bond acceptors (Lipinski definition) is 6. The Morgan fingerprint density at radius 1 is 1.19 bits per heavy atom. The van der Waals surface area contributed by atoms with E-state index in [-0.39, 0.29) is 18.3 Å². The van der Waals surface area contributed by atoms with E-state index in [1.54, 1.807) is 18.2 Å². The van der Waals surface area contributed by atoms with Gasteiger partial charge in [0.25, 0.3) is 0 Å². The van der Waals surface area contributed by atoms with Crippen molar-refractivity contribution in [1.82, 2.24) is 9.80 Å². The molecule has 0 spiro atoms. The third-order valence-corrected chi connectivity index (χ3v) is 4.46. The molecule has 7 nitrogen and oxygen atoms in total. The predicted octanol–water partition coefficient (Wildman–Crippen LogP) is 1.96. The third kappa shape index (κ3) is 5.15. The van der Waals surface area contributed by atoms with Crippen molar-refractivity contribution in [2.45, 2.75) is 6.54 Å². The van der Waals surface area contributed by atoms with Crippen molar-refractivity contribution in [3.05, 3.63) is 53.7 Å². The van der Waals surface area contributed by atoms with E-state index in [0.717, 1.165) is 13.1 Å². The van der Waals surface area contributed by atoms with E-state index < -0.39 is 5.97 Å². The summed E-state index contributed by atoms with van der Waals surface area (Å²) in [6, 6.07) is 7.44. The molecule has 2 aromatic rings. The van der Waals surface area contributed by atoms with Gasteiger partial charge < -0.3 is 14.5 Å². The largest absolute Gasteiger partial charge is 0.467 e. The molecule has 27 heavy (non-hydrogen) atoms. The first-order valence-corrected chi connectivity index (χ1v) is 8.70. The predicted molar refractivity (Wildman–Crippen MR) is 96.8 cm³/mol. The smallest absolute Gasteiger partial charge is 0.341 e. The zero-order valence-electron chi connectivity index (χ0n) is 15.1. The Morgan fingerprint density at radius 2 is 1.93 bits per heavy atom. The zero-order valence-corrected chi connectivity index (χ0v) is 15.1. The maximum atomic E-state index is 13.2. The highest BCUT2D eigenvalue weighted by atomic mass is 19.1. The lowest BCUT2D eigenvalue weighted by Gasteiger charge is -2.33. The van der Waals surface area contributed by atoms with Crippen LogP contribution in [0.1, 0.15) is 16.1 Å². The van der Waals surface area contributed by atoms with Crippen molar-refractivity contribution in [3.8, 4) is 0 Å². The number of piperazine rings is 1. The molecule has 2 heterocycles. The van der Waals surface area contributed by atoms with Crippen LogP contribution in [0, 0.1) is 5.82 Å². The van der Waals surface area contributed by atoms with Crippen molar-refractivity contribution in [1.29, 1.82) is 0 Å². The van der Waals surface area contributed by atoms with E-state index in [1.165, 1.54) is 25.5 Å². The number of benzene rings is 1. The third-order valence-electron chi connectivity index (χ3n) is 4.46. The molecule has 144 valence electrons. The van der Waals surface area contributed by atoms with Gasteiger partial charge in [-0.05, 0) is 24.3 Å². The van der Waals surface area contributed by atoms with Crippen LogP contribution < -0.4 is 5.32 Å². The van der Waals surface area contributed by atoms with Gasteiger partial charge in [-0.3, -0.25) is 14.6 Å². The number of amides is 1. The lowest BCUT2D eigenvalue weighted by atomic mass is 10.2. The summed E-state index contributed by atoms with van der Waals surface area (Å²) < 4.78 is 23.3. The average molecular weight is 375 g/mol. The maximum absolute atomic E-state index is 13.2. The van der Waals surface area contributed by atoms with Crippen LogP contribution in [-0.4, -0.2) is 61.5 Å². The van der Waals surface area contributed by atoms with Gasteiger partial charge in [0, 0.05) is 31.9 Å². The first kappa shape index (κ1) is 19.1. The van der Waals surface area contributed by atoms with Crippen molar-refractivity contribution in [2.24, 2.45) is 0 Å². The summed E-state index contributed by atoms with van der Waals surface area (Å²) >= 11 is 0. The van der Waals surface area contributed by atoms with Gasteiger partial charge in [-0.15, -0.1) is 0 Å². The standard InChI is InChI=1S/C19H22FN3O4/c1-26-19(25)16-5-10-27-17(16)12-22-6-8-23(9-7-22)13-18(24)21-15-4-2-3-14(20)11-15/h2-5,10-11H,6-9,12-13H2,1H3,(H,21,24). The minimum absolute atomic E-state index is 0.173. The molecule has 1 aliphatic heterocycles. The summed E-state index contributed by atoms with van der Waals surface area (Å²) in [4.78, 5) is 28.0. The topological polar surface area (TPSA) is 75.0 Å². The summed E-state index contributed by atoms with van der Waals surface area (Å²) in [5.41, 5.74) is 0.890. The van der Waals surface area contributed by atoms with Crippen LogP contribution in [0.15, 0.2) is 41.0 Å². The molecule has 3 rings (SSSR count).